The highest BCUT2D eigenvalue weighted by Crippen LogP contribution is 1.68. The molecule has 0 heterocycles. The molecule has 0 saturated heterocycles. The number of amides is 4. The summed E-state index contributed by atoms with van der Waals surface area (Å²) in [6, 6.07) is -1.70. The molecule has 0 aliphatic carbocycles. The van der Waals surface area contributed by atoms with Crippen LogP contribution in [0.5, 0.6) is 0 Å². The van der Waals surface area contributed by atoms with Gasteiger partial charge in [-0.1, -0.05) is 0 Å². The van der Waals surface area contributed by atoms with Crippen molar-refractivity contribution in [3.8, 4) is 0 Å². The number of nitrogens with one attached hydrogen (secondary N) is 2. The predicted octanol–water partition coefficient (Wildman–Crippen LogP) is -6.34. The van der Waals surface area contributed by atoms with Gasteiger partial charge in [-0.05, 0) is 0 Å². The van der Waals surface area contributed by atoms with E-state index >= 15 is 0 Å². The molecule has 0 spiro atoms. The molecule has 0 unspecified atom stereocenters. The lowest BCUT2D eigenvalue weighted by Crippen LogP contribution is -2.30. The van der Waals surface area contributed by atoms with E-state index in [1.807, 2.05) is 10.9 Å². The molecule has 20 nitrogen and oxygen atoms in total. The van der Waals surface area contributed by atoms with E-state index in [0.29, 0.717) is 0 Å². The van der Waals surface area contributed by atoms with Crippen LogP contribution in [0.1, 0.15) is 0 Å². The summed E-state index contributed by atoms with van der Waals surface area (Å²) in [6.07, 6.45) is 0. The number of guanidine groups is 4. The van der Waals surface area contributed by atoms with Gasteiger partial charge in [-0.25, -0.2) is 20.4 Å². The first kappa shape index (κ1) is 27.7. The zero-order valence-electron chi connectivity index (χ0n) is 13.3. The lowest BCUT2D eigenvalue weighted by molar-refractivity contribution is 0.248. The van der Waals surface area contributed by atoms with Crippen molar-refractivity contribution in [2.75, 3.05) is 0 Å². The standard InChI is InChI=1S/2C3H9N7O.H2O4S/c2*4-1(5)8-2(6)9-10-3(7)11;1-5(2,3)4/h2*(H3,7,10,11)(H6,4,5,6,8,9);(H2,1,2,3,4). The molecular weight excluding hydrogens is 396 g/mol. The van der Waals surface area contributed by atoms with E-state index in [1.54, 1.807) is 0 Å². The van der Waals surface area contributed by atoms with Crippen LogP contribution in [0.4, 0.5) is 9.59 Å². The van der Waals surface area contributed by atoms with E-state index in [1.165, 1.54) is 0 Å². The van der Waals surface area contributed by atoms with E-state index in [2.05, 4.69) is 31.7 Å². The number of hydrogen-bond donors (Lipinski definition) is 12. The van der Waals surface area contributed by atoms with Gasteiger partial charge in [-0.2, -0.15) is 18.4 Å². The topological polar surface area (TPSA) is 390 Å². The molecule has 0 aromatic carbocycles. The van der Waals surface area contributed by atoms with Crippen LogP contribution in [0.2, 0.25) is 0 Å². The smallest absolute Gasteiger partial charge is 0.370 e. The normalized spacial score (nSPS) is 10.6. The van der Waals surface area contributed by atoms with E-state index in [-0.39, 0.29) is 23.8 Å². The SMILES string of the molecule is NC(=O)NN=C(N)N=C(N)N.NC(=O)NN=C(N)N=C(N)N.O=S(=O)(O)O. The molecule has 0 aromatic heterocycles. The minimum atomic E-state index is -4.67. The van der Waals surface area contributed by atoms with Gasteiger partial charge in [0.15, 0.2) is 11.9 Å². The summed E-state index contributed by atoms with van der Waals surface area (Å²) in [4.78, 5) is 26.6. The molecule has 0 fully saturated rings. The van der Waals surface area contributed by atoms with Crippen LogP contribution in [0.15, 0.2) is 20.2 Å². The van der Waals surface area contributed by atoms with Crippen molar-refractivity contribution >= 4 is 46.3 Å². The fraction of sp³-hybridized carbons (Fsp3) is 0. The van der Waals surface area contributed by atoms with Gasteiger partial charge in [-0.15, -0.1) is 10.2 Å². The number of nitrogens with two attached hydrogens (primary N) is 8. The Morgan fingerprint density at radius 1 is 0.667 bits per heavy atom. The summed E-state index contributed by atoms with van der Waals surface area (Å²) in [6.45, 7) is 0. The first-order valence-corrected chi connectivity index (χ1v) is 7.10. The van der Waals surface area contributed by atoms with Gasteiger partial charge < -0.3 is 45.9 Å². The maximum absolute atomic E-state index is 10.0. The molecule has 0 aromatic rings. The summed E-state index contributed by atoms with van der Waals surface area (Å²) >= 11 is 0. The van der Waals surface area contributed by atoms with Crippen LogP contribution in [-0.4, -0.2) is 53.4 Å². The number of urea groups is 2. The molecular formula is C6H20N14O6S. The quantitative estimate of drug-likeness (QED) is 0.0864. The van der Waals surface area contributed by atoms with Crippen molar-refractivity contribution < 1.29 is 27.1 Å². The van der Waals surface area contributed by atoms with Crippen LogP contribution in [0, 0.1) is 0 Å². The van der Waals surface area contributed by atoms with Crippen LogP contribution < -0.4 is 56.7 Å². The molecule has 0 bridgehead atoms. The predicted molar refractivity (Wildman–Crippen MR) is 94.5 cm³/mol. The summed E-state index contributed by atoms with van der Waals surface area (Å²) < 4.78 is 31.6. The summed E-state index contributed by atoms with van der Waals surface area (Å²) in [7, 11) is -4.67. The third-order valence-electron chi connectivity index (χ3n) is 1.05. The van der Waals surface area contributed by atoms with Crippen molar-refractivity contribution in [1.29, 1.82) is 0 Å². The van der Waals surface area contributed by atoms with Crippen molar-refractivity contribution in [2.24, 2.45) is 66.1 Å². The number of primary amides is 2. The van der Waals surface area contributed by atoms with E-state index < -0.39 is 22.5 Å². The molecule has 156 valence electrons. The second kappa shape index (κ2) is 14.3. The third kappa shape index (κ3) is 44.9. The first-order valence-electron chi connectivity index (χ1n) is 5.70. The van der Waals surface area contributed by atoms with Gasteiger partial charge in [0.2, 0.25) is 11.9 Å². The maximum atomic E-state index is 10.0. The average Bonchev–Trinajstić information content (AvgIpc) is 2.40. The minimum absolute atomic E-state index is 0.252. The van der Waals surface area contributed by atoms with Gasteiger partial charge in [0, 0.05) is 0 Å². The fourth-order valence-electron chi connectivity index (χ4n) is 0.539. The highest BCUT2D eigenvalue weighted by Gasteiger charge is 1.90. The van der Waals surface area contributed by atoms with Crippen LogP contribution in [-0.2, 0) is 10.4 Å². The third-order valence-corrected chi connectivity index (χ3v) is 1.05. The van der Waals surface area contributed by atoms with Gasteiger partial charge in [-0.3, -0.25) is 9.11 Å². The molecule has 0 aliphatic rings. The fourth-order valence-corrected chi connectivity index (χ4v) is 0.539. The van der Waals surface area contributed by atoms with Crippen molar-refractivity contribution in [2.45, 2.75) is 0 Å². The Kier molecular flexibility index (Phi) is 14.6. The van der Waals surface area contributed by atoms with Crippen LogP contribution >= 0.6 is 0 Å². The molecule has 0 radical (unpaired) electrons. The van der Waals surface area contributed by atoms with Crippen LogP contribution in [0.3, 0.4) is 0 Å². The summed E-state index contributed by atoms with van der Waals surface area (Å²) in [5.41, 5.74) is 42.8. The van der Waals surface area contributed by atoms with Gasteiger partial charge in [0.25, 0.3) is 0 Å². The number of aliphatic imine (C=N–C) groups is 2. The number of carbonyl (C=O) groups is 2. The highest BCUT2D eigenvalue weighted by atomic mass is 32.3. The molecule has 21 heteroatoms. The number of nitrogens with zero attached hydrogens (tertiary/aromatic N) is 4. The molecule has 0 saturated carbocycles. The largest absolute Gasteiger partial charge is 0.394 e. The molecule has 20 N–H and O–H groups in total. The molecule has 0 atom stereocenters. The number of hydrogen-bond acceptors (Lipinski definition) is 6. The van der Waals surface area contributed by atoms with Crippen molar-refractivity contribution in [3.63, 3.8) is 0 Å². The Bertz CT molecular complexity index is 648. The Balaban J connectivity index is -0.000000344. The second-order valence-corrected chi connectivity index (χ2v) is 4.31. The van der Waals surface area contributed by atoms with Crippen molar-refractivity contribution in [1.82, 2.24) is 10.9 Å². The van der Waals surface area contributed by atoms with Gasteiger partial charge in [0.1, 0.15) is 0 Å². The monoisotopic (exact) mass is 416 g/mol. The molecule has 4 amide bonds. The van der Waals surface area contributed by atoms with Crippen molar-refractivity contribution in [3.05, 3.63) is 0 Å². The zero-order valence-corrected chi connectivity index (χ0v) is 14.2. The van der Waals surface area contributed by atoms with E-state index in [9.17, 15) is 9.59 Å². The lowest BCUT2D eigenvalue weighted by Gasteiger charge is -1.93. The Morgan fingerprint density at radius 3 is 1.04 bits per heavy atom. The molecule has 0 aliphatic heterocycles. The van der Waals surface area contributed by atoms with Gasteiger partial charge >= 0.3 is 22.5 Å². The number of hydrazone groups is 2. The number of carbonyl (C=O) groups excluding carboxylic acids is 2. The minimum Gasteiger partial charge on any atom is -0.370 e. The lowest BCUT2D eigenvalue weighted by atomic mass is 10.9. The molecule has 0 rings (SSSR count). The Morgan fingerprint density at radius 2 is 0.889 bits per heavy atom. The highest BCUT2D eigenvalue weighted by molar-refractivity contribution is 7.79. The summed E-state index contributed by atoms with van der Waals surface area (Å²) in [5.74, 6) is -1.05. The Hall–Kier alpha value is -4.11. The first-order chi connectivity index (χ1) is 12.0. The summed E-state index contributed by atoms with van der Waals surface area (Å²) in [5, 5.41) is 6.37. The molecule has 27 heavy (non-hydrogen) atoms. The van der Waals surface area contributed by atoms with Crippen LogP contribution in [0.25, 0.3) is 0 Å². The average molecular weight is 416 g/mol. The maximum Gasteiger partial charge on any atom is 0.394 e. The zero-order chi connectivity index (χ0) is 22.2. The van der Waals surface area contributed by atoms with Gasteiger partial charge in [0.05, 0.1) is 0 Å². The second-order valence-electron chi connectivity index (χ2n) is 3.41. The van der Waals surface area contributed by atoms with E-state index in [4.69, 9.17) is 51.9 Å². The van der Waals surface area contributed by atoms with E-state index in [0.717, 1.165) is 0 Å². The number of rotatable bonds is 2. The Labute approximate surface area is 151 Å².